The highest BCUT2D eigenvalue weighted by molar-refractivity contribution is 5.86. The van der Waals surface area contributed by atoms with Crippen LogP contribution in [0.3, 0.4) is 0 Å². The van der Waals surface area contributed by atoms with Crippen LogP contribution in [0.25, 0.3) is 15.7 Å². The molecule has 0 aliphatic heterocycles. The van der Waals surface area contributed by atoms with Crippen molar-refractivity contribution in [3.63, 3.8) is 0 Å². The van der Waals surface area contributed by atoms with Crippen molar-refractivity contribution in [2.45, 2.75) is 44.4 Å². The van der Waals surface area contributed by atoms with Crippen molar-refractivity contribution in [3.05, 3.63) is 77.3 Å². The predicted molar refractivity (Wildman–Crippen MR) is 113 cm³/mol. The number of hydrogen-bond donors (Lipinski definition) is 0. The van der Waals surface area contributed by atoms with E-state index in [1.165, 1.54) is 17.8 Å². The van der Waals surface area contributed by atoms with Crippen LogP contribution >= 0.6 is 0 Å². The minimum Gasteiger partial charge on any atom is -0.299 e. The van der Waals surface area contributed by atoms with E-state index in [4.69, 9.17) is 6.57 Å². The summed E-state index contributed by atoms with van der Waals surface area (Å²) in [7, 11) is 0. The Labute approximate surface area is 175 Å². The van der Waals surface area contributed by atoms with E-state index in [1.54, 1.807) is 24.3 Å². The van der Waals surface area contributed by atoms with Crippen LogP contribution in [0.5, 0.6) is 0 Å². The molecule has 5 rings (SSSR count). The Bertz CT molecular complexity index is 1160. The lowest BCUT2D eigenvalue weighted by atomic mass is 9.74. The van der Waals surface area contributed by atoms with Gasteiger partial charge >= 0.3 is 0 Å². The van der Waals surface area contributed by atoms with E-state index >= 15 is 0 Å². The highest BCUT2D eigenvalue weighted by atomic mass is 19.1. The van der Waals surface area contributed by atoms with Crippen LogP contribution in [-0.2, 0) is 11.2 Å². The standard InChI is InChI=1S/C25H22FN3O/c1-27-19-4-3-18(29-15-19)13-24(30)22-14-25(22)9-6-16(7-10-25)20-8-11-28-23-5-2-17(26)12-21(20)23/h2-5,8,11-12,15-16,22H,6-7,9-10,13-14H2/t16?,22-,25?/m1/s1. The first-order valence-electron chi connectivity index (χ1n) is 10.5. The lowest BCUT2D eigenvalue weighted by molar-refractivity contribution is -0.120. The molecule has 2 aliphatic rings. The van der Waals surface area contributed by atoms with Crippen LogP contribution in [-0.4, -0.2) is 15.8 Å². The maximum atomic E-state index is 13.8. The van der Waals surface area contributed by atoms with Gasteiger partial charge in [-0.15, -0.1) is 0 Å². The number of carbonyl (C=O) groups is 1. The van der Waals surface area contributed by atoms with E-state index in [-0.39, 0.29) is 22.9 Å². The summed E-state index contributed by atoms with van der Waals surface area (Å²) in [6.07, 6.45) is 8.80. The number of Topliss-reactive ketones (excluding diaryl/α,β-unsaturated/α-hetero) is 1. The van der Waals surface area contributed by atoms with Crippen molar-refractivity contribution in [1.82, 2.24) is 9.97 Å². The second-order valence-electron chi connectivity index (χ2n) is 8.72. The van der Waals surface area contributed by atoms with Crippen LogP contribution in [0.4, 0.5) is 10.1 Å². The fraction of sp³-hybridized carbons (Fsp3) is 0.360. The fourth-order valence-corrected chi connectivity index (χ4v) is 5.24. The summed E-state index contributed by atoms with van der Waals surface area (Å²) in [5.41, 5.74) is 3.41. The van der Waals surface area contributed by atoms with Crippen molar-refractivity contribution in [2.24, 2.45) is 11.3 Å². The van der Waals surface area contributed by atoms with Crippen molar-refractivity contribution in [3.8, 4) is 0 Å². The number of aromatic nitrogens is 2. The zero-order chi connectivity index (χ0) is 20.7. The van der Waals surface area contributed by atoms with Gasteiger partial charge in [-0.2, -0.15) is 0 Å². The molecule has 30 heavy (non-hydrogen) atoms. The summed E-state index contributed by atoms with van der Waals surface area (Å²) >= 11 is 0. The average molecular weight is 399 g/mol. The minimum absolute atomic E-state index is 0.132. The van der Waals surface area contributed by atoms with Crippen molar-refractivity contribution >= 4 is 22.4 Å². The largest absolute Gasteiger partial charge is 0.299 e. The summed E-state index contributed by atoms with van der Waals surface area (Å²) in [4.78, 5) is 24.8. The van der Waals surface area contributed by atoms with Crippen LogP contribution in [0.2, 0.25) is 0 Å². The van der Waals surface area contributed by atoms with E-state index < -0.39 is 0 Å². The topological polar surface area (TPSA) is 47.2 Å². The van der Waals surface area contributed by atoms with Gasteiger partial charge in [0.25, 0.3) is 0 Å². The number of pyridine rings is 2. The van der Waals surface area contributed by atoms with Crippen LogP contribution in [0, 0.1) is 23.7 Å². The van der Waals surface area contributed by atoms with Gasteiger partial charge in [0.1, 0.15) is 11.6 Å². The third-order valence-electron chi connectivity index (χ3n) is 7.03. The molecule has 5 heteroatoms. The number of nitrogens with zero attached hydrogens (tertiary/aromatic N) is 3. The van der Waals surface area contributed by atoms with Crippen LogP contribution < -0.4 is 0 Å². The molecule has 1 aromatic carbocycles. The number of hydrogen-bond acceptors (Lipinski definition) is 3. The van der Waals surface area contributed by atoms with Gasteiger partial charge in [-0.05, 0) is 73.3 Å². The Balaban J connectivity index is 1.25. The first kappa shape index (κ1) is 18.9. The molecule has 3 aromatic rings. The molecular weight excluding hydrogens is 377 g/mol. The Morgan fingerprint density at radius 3 is 2.73 bits per heavy atom. The second-order valence-corrected chi connectivity index (χ2v) is 8.72. The Morgan fingerprint density at radius 2 is 2.00 bits per heavy atom. The number of carbonyl (C=O) groups excluding carboxylic acids is 1. The van der Waals surface area contributed by atoms with Gasteiger partial charge in [0.15, 0.2) is 0 Å². The van der Waals surface area contributed by atoms with Gasteiger partial charge in [0.05, 0.1) is 12.1 Å². The van der Waals surface area contributed by atoms with Gasteiger partial charge < -0.3 is 0 Å². The van der Waals surface area contributed by atoms with Crippen LogP contribution in [0.15, 0.2) is 48.8 Å². The van der Waals surface area contributed by atoms with Crippen LogP contribution in [0.1, 0.15) is 49.3 Å². The number of fused-ring (bicyclic) bond motifs is 1. The van der Waals surface area contributed by atoms with E-state index in [1.807, 2.05) is 12.3 Å². The van der Waals surface area contributed by atoms with Crippen molar-refractivity contribution < 1.29 is 9.18 Å². The normalized spacial score (nSPS) is 25.2. The van der Waals surface area contributed by atoms with Crippen molar-refractivity contribution in [2.75, 3.05) is 0 Å². The number of halogens is 1. The summed E-state index contributed by atoms with van der Waals surface area (Å²) < 4.78 is 13.8. The lowest BCUT2D eigenvalue weighted by Gasteiger charge is -2.30. The highest BCUT2D eigenvalue weighted by Gasteiger charge is 2.57. The zero-order valence-electron chi connectivity index (χ0n) is 16.6. The number of benzene rings is 1. The molecule has 1 atom stereocenters. The van der Waals surface area contributed by atoms with Gasteiger partial charge in [0, 0.05) is 35.8 Å². The molecule has 0 saturated heterocycles. The van der Waals surface area contributed by atoms with Crippen molar-refractivity contribution in [1.29, 1.82) is 0 Å². The molecule has 4 nitrogen and oxygen atoms in total. The van der Waals surface area contributed by atoms with E-state index in [9.17, 15) is 9.18 Å². The summed E-state index contributed by atoms with van der Waals surface area (Å²) in [5.74, 6) is 0.567. The molecule has 2 aliphatic carbocycles. The Morgan fingerprint density at radius 1 is 1.17 bits per heavy atom. The second kappa shape index (κ2) is 7.28. The highest BCUT2D eigenvalue weighted by Crippen LogP contribution is 2.63. The molecule has 150 valence electrons. The predicted octanol–water partition coefficient (Wildman–Crippen LogP) is 5.80. The van der Waals surface area contributed by atoms with Gasteiger partial charge in [-0.3, -0.25) is 14.8 Å². The maximum absolute atomic E-state index is 13.8. The molecule has 0 unspecified atom stereocenters. The van der Waals surface area contributed by atoms with E-state index in [0.717, 1.165) is 48.7 Å². The molecular formula is C25H22FN3O. The smallest absolute Gasteiger partial charge is 0.205 e. The maximum Gasteiger partial charge on any atom is 0.205 e. The minimum atomic E-state index is -0.227. The monoisotopic (exact) mass is 399 g/mol. The Hall–Kier alpha value is -3.13. The van der Waals surface area contributed by atoms with Gasteiger partial charge in [-0.25, -0.2) is 9.24 Å². The molecule has 0 N–H and O–H groups in total. The molecule has 2 aromatic heterocycles. The first-order valence-corrected chi connectivity index (χ1v) is 10.5. The third kappa shape index (κ3) is 3.37. The molecule has 0 bridgehead atoms. The molecule has 0 radical (unpaired) electrons. The average Bonchev–Trinajstić information content (AvgIpc) is 3.48. The molecule has 2 heterocycles. The summed E-state index contributed by atoms with van der Waals surface area (Å²) in [5, 5.41) is 0.913. The fourth-order valence-electron chi connectivity index (χ4n) is 5.24. The third-order valence-corrected chi connectivity index (χ3v) is 7.03. The summed E-state index contributed by atoms with van der Waals surface area (Å²) in [6, 6.07) is 10.3. The van der Waals surface area contributed by atoms with E-state index in [2.05, 4.69) is 14.8 Å². The van der Waals surface area contributed by atoms with E-state index in [0.29, 0.717) is 18.0 Å². The number of ketones is 1. The number of rotatable bonds is 4. The SMILES string of the molecule is [C-]#[N+]c1ccc(CC(=O)[C@H]2CC23CCC(c2ccnc4ccc(F)cc24)CC3)nc1. The molecule has 2 fully saturated rings. The Kier molecular flexibility index (Phi) is 4.58. The zero-order valence-corrected chi connectivity index (χ0v) is 16.6. The van der Waals surface area contributed by atoms with Gasteiger partial charge in [0.2, 0.25) is 5.69 Å². The molecule has 2 saturated carbocycles. The molecule has 0 amide bonds. The molecule has 1 spiro atoms. The quantitative estimate of drug-likeness (QED) is 0.521. The lowest BCUT2D eigenvalue weighted by Crippen LogP contribution is -2.20. The summed E-state index contributed by atoms with van der Waals surface area (Å²) in [6.45, 7) is 6.99. The van der Waals surface area contributed by atoms with Gasteiger partial charge in [-0.1, -0.05) is 12.1 Å². The first-order chi connectivity index (χ1) is 14.6.